The summed E-state index contributed by atoms with van der Waals surface area (Å²) in [6, 6.07) is 56.5. The molecule has 2 atom stereocenters. The van der Waals surface area contributed by atoms with E-state index in [1.54, 1.807) is 6.08 Å². The van der Waals surface area contributed by atoms with Gasteiger partial charge in [-0.05, 0) is 259 Å². The minimum absolute atomic E-state index is 0.0107. The number of aryl methyl sites for hydroxylation is 4. The number of carbonyl (C=O) groups excluding carboxylic acids is 10. The fourth-order valence-corrected chi connectivity index (χ4v) is 18.3. The topological polar surface area (TPSA) is 288 Å². The molecule has 0 saturated carbocycles. The van der Waals surface area contributed by atoms with Crippen LogP contribution < -0.4 is 21.1 Å². The van der Waals surface area contributed by atoms with Crippen molar-refractivity contribution in [3.63, 3.8) is 0 Å². The molecule has 6 aliphatic carbocycles. The molecule has 3 aliphatic heterocycles. The third kappa shape index (κ3) is 31.8. The number of hydrogen-bond acceptors (Lipinski definition) is 13. The van der Waals surface area contributed by atoms with Gasteiger partial charge in [-0.2, -0.15) is 0 Å². The van der Waals surface area contributed by atoms with Crippen molar-refractivity contribution in [2.45, 2.75) is 351 Å². The quantitative estimate of drug-likeness (QED) is 0.0611. The summed E-state index contributed by atoms with van der Waals surface area (Å²) in [6.45, 7) is 59.0. The molecular formula is C126H157N3O14. The number of primary amides is 1. The maximum Gasteiger partial charge on any atom is 0.306 e. The Morgan fingerprint density at radius 1 is 0.322 bits per heavy atom. The van der Waals surface area contributed by atoms with Crippen LogP contribution in [0.1, 0.15) is 363 Å². The number of Topliss-reactive ketones (excluding diaryl/α,β-unsaturated/α-hetero) is 4. The zero-order valence-electron chi connectivity index (χ0n) is 90.3. The highest BCUT2D eigenvalue weighted by Gasteiger charge is 2.33. The zero-order chi connectivity index (χ0) is 106. The van der Waals surface area contributed by atoms with Gasteiger partial charge in [0.2, 0.25) is 17.6 Å². The first-order valence-electron chi connectivity index (χ1n) is 50.9. The number of fused-ring (bicyclic) bond motifs is 9. The number of nitrogens with two attached hydrogens (primary N) is 1. The Bertz CT molecular complexity index is 6200. The Balaban J connectivity index is 0.000000165. The monoisotopic (exact) mass is 1940 g/mol. The number of imide groups is 1. The Morgan fingerprint density at radius 3 is 1.17 bits per heavy atom. The Hall–Kier alpha value is -12.4. The average Bonchev–Trinajstić information content (AvgIpc) is 1.56. The van der Waals surface area contributed by atoms with Gasteiger partial charge < -0.3 is 26.0 Å². The first kappa shape index (κ1) is 113. The first-order valence-corrected chi connectivity index (χ1v) is 50.9. The van der Waals surface area contributed by atoms with E-state index in [0.717, 1.165) is 120 Å². The number of carbonyl (C=O) groups is 11. The molecule has 2 unspecified atom stereocenters. The lowest BCUT2D eigenvalue weighted by molar-refractivity contribution is -0.142. The second kappa shape index (κ2) is 45.7. The highest BCUT2D eigenvalue weighted by molar-refractivity contribution is 6.42. The van der Waals surface area contributed by atoms with E-state index in [1.807, 2.05) is 66.7 Å². The van der Waals surface area contributed by atoms with Crippen LogP contribution in [0.3, 0.4) is 0 Å². The van der Waals surface area contributed by atoms with Gasteiger partial charge in [-0.25, -0.2) is 0 Å². The smallest absolute Gasteiger partial charge is 0.306 e. The van der Waals surface area contributed by atoms with Crippen LogP contribution in [-0.4, -0.2) is 81.1 Å². The summed E-state index contributed by atoms with van der Waals surface area (Å²) >= 11 is 0. The lowest BCUT2D eigenvalue weighted by atomic mass is 9.79. The van der Waals surface area contributed by atoms with Crippen molar-refractivity contribution in [1.82, 2.24) is 5.32 Å². The number of rotatable bonds is 2. The number of aliphatic hydroxyl groups excluding tert-OH is 1. The van der Waals surface area contributed by atoms with E-state index in [0.29, 0.717) is 62.1 Å². The minimum atomic E-state index is -0.657. The molecular weight excluding hydrogens is 1780 g/mol. The van der Waals surface area contributed by atoms with Gasteiger partial charge in [0.15, 0.2) is 17.3 Å². The van der Waals surface area contributed by atoms with Crippen molar-refractivity contribution in [3.8, 4) is 5.75 Å². The van der Waals surface area contributed by atoms with E-state index in [1.165, 1.54) is 95.1 Å². The molecule has 0 spiro atoms. The molecule has 0 radical (unpaired) electrons. The van der Waals surface area contributed by atoms with Crippen molar-refractivity contribution in [3.05, 3.63) is 315 Å². The Kier molecular flexibility index (Phi) is 36.0. The average molecular weight is 1940 g/mol. The molecule has 4 amide bonds. The van der Waals surface area contributed by atoms with Crippen molar-refractivity contribution in [1.29, 1.82) is 0 Å². The minimum Gasteiger partial charge on any atom is -0.507 e. The van der Waals surface area contributed by atoms with E-state index in [9.17, 15) is 57.8 Å². The van der Waals surface area contributed by atoms with Gasteiger partial charge in [-0.1, -0.05) is 333 Å². The number of nitrogens with one attached hydrogen (secondary N) is 2. The highest BCUT2D eigenvalue weighted by Crippen LogP contribution is 2.39. The number of aliphatic hydroxyl groups is 1. The van der Waals surface area contributed by atoms with Crippen LogP contribution in [0.2, 0.25) is 0 Å². The third-order valence-electron chi connectivity index (χ3n) is 27.9. The number of ether oxygens (including phenoxy) is 1. The molecule has 0 saturated heterocycles. The SMILES string of the molecule is CC(C)(C)c1ccc2c(c1)C(=O)NC(=O)C2.CC(C)(C)c1ccc2c(c1)C(O)=CC(=O)C2.CC(C)(C)c1ccc2c(c1)C=CC(=O)C2.CC(C)(C)c1ccc2c(c1)CCC(=O)C2.CC(C)(C)c1ccc2c(c1)CCC(C(=O)O)C2.CC(C)(C)c1ccc2c(c1)CCC(C(N)=O)C2.CC(C)(C)c1ccc2c(c1)CCCC(=O)C2.CC(C)(C)c1ccc2c(c1)NC(=O)C(=O)C2.CC(C)(C)c1ccc2c(c1)OCC(=O)C2. The molecule has 143 heavy (non-hydrogen) atoms. The normalized spacial score (nSPS) is 16.8. The maximum atomic E-state index is 11.6. The summed E-state index contributed by atoms with van der Waals surface area (Å²) in [5.41, 5.74) is 36.7. The van der Waals surface area contributed by atoms with E-state index in [2.05, 4.69) is 301 Å². The lowest BCUT2D eigenvalue weighted by Gasteiger charge is -2.26. The molecule has 0 bridgehead atoms. The van der Waals surface area contributed by atoms with Gasteiger partial charge >= 0.3 is 5.97 Å². The molecule has 3 heterocycles. The number of amides is 4. The maximum absolute atomic E-state index is 11.6. The van der Waals surface area contributed by atoms with Gasteiger partial charge in [-0.3, -0.25) is 58.1 Å². The molecule has 0 aromatic heterocycles. The second-order valence-electron chi connectivity index (χ2n) is 49.2. The van der Waals surface area contributed by atoms with Crippen molar-refractivity contribution in [2.75, 3.05) is 11.9 Å². The van der Waals surface area contributed by atoms with Crippen LogP contribution in [-0.2, 0) is 180 Å². The van der Waals surface area contributed by atoms with Gasteiger partial charge in [0.1, 0.15) is 29.7 Å². The third-order valence-corrected chi connectivity index (χ3v) is 27.9. The van der Waals surface area contributed by atoms with Crippen LogP contribution >= 0.6 is 0 Å². The van der Waals surface area contributed by atoms with Crippen LogP contribution in [0.5, 0.6) is 5.75 Å². The van der Waals surface area contributed by atoms with E-state index >= 15 is 0 Å². The van der Waals surface area contributed by atoms with E-state index < -0.39 is 11.9 Å². The van der Waals surface area contributed by atoms with E-state index in [-0.39, 0.29) is 120 Å². The van der Waals surface area contributed by atoms with Crippen molar-refractivity contribution in [2.24, 2.45) is 17.6 Å². The van der Waals surface area contributed by atoms with Gasteiger partial charge in [0.25, 0.3) is 11.8 Å². The molecule has 9 aromatic carbocycles. The highest BCUT2D eigenvalue weighted by atomic mass is 16.5. The molecule has 6 N–H and O–H groups in total. The Labute approximate surface area is 851 Å². The standard InChI is InChI=1S/C15H21NO.C15H20O2.C15H20O.C14H16O2.C14H18O.C14H16O.2C13H15NO2.C13H16O2/c2*1-15(2,3)13-7-6-10-8-12(14(16)17)5-4-11(10)9-13;1-15(2,3)13-8-7-12-10-14(16)6-4-5-11(12)9-13;1-14(2,3)10-5-4-9-6-11(15)8-13(16)12(9)7-10;2*1-14(2,3)12-6-4-11-9-13(15)7-5-10(11)8-12;1-13(2,3)9-5-4-8-6-11(15)12(16)14-10(8)7-9;1-13(2,3)9-5-4-8-6-11(15)14-12(16)10(8)7-9;1-13(2,3)10-5-4-9-6-11(14)8-15-12(9)7-10/h6-7,9,12H,4-5,8H2,1-3H3,(H2,16,17);6-7,9,12H,4-5,8H2,1-3H3,(H,16,17);7-9H,4-6,10H2,1-3H3;4-5,7-8,16H,6H2,1-3H3;4,6,8H,5,7,9H2,1-3H3;4-8H,9H2,1-3H3;4-5,7H,6H2,1-3H3,(H,14,16);4-5,7H,6H2,1-3H3,(H,14,15,16);4-5,7H,6,8H2,1-3H3. The number of carboxylic acids is 1. The number of benzene rings is 9. The summed E-state index contributed by atoms with van der Waals surface area (Å²) in [5.74, 6) is -0.275. The predicted molar refractivity (Wildman–Crippen MR) is 578 cm³/mol. The fourth-order valence-electron chi connectivity index (χ4n) is 18.3. The lowest BCUT2D eigenvalue weighted by Crippen LogP contribution is -2.37. The second-order valence-corrected chi connectivity index (χ2v) is 49.2. The largest absolute Gasteiger partial charge is 0.507 e. The first-order chi connectivity index (χ1) is 66.2. The molecule has 17 heteroatoms. The van der Waals surface area contributed by atoms with Crippen LogP contribution in [0.25, 0.3) is 11.8 Å². The predicted octanol–water partition coefficient (Wildman–Crippen LogP) is 24.7. The molecule has 9 aromatic rings. The summed E-state index contributed by atoms with van der Waals surface area (Å²) < 4.78 is 5.42. The van der Waals surface area contributed by atoms with Crippen LogP contribution in [0.4, 0.5) is 5.69 Å². The summed E-state index contributed by atoms with van der Waals surface area (Å²) in [4.78, 5) is 124. The zero-order valence-corrected chi connectivity index (χ0v) is 90.3. The number of anilines is 1. The summed E-state index contributed by atoms with van der Waals surface area (Å²) in [5, 5.41) is 23.8. The van der Waals surface area contributed by atoms with Crippen LogP contribution in [0.15, 0.2) is 176 Å². The molecule has 9 aliphatic rings. The molecule has 17 nitrogen and oxygen atoms in total. The molecule has 0 fully saturated rings. The number of aliphatic carboxylic acids is 1. The number of hydrogen-bond donors (Lipinski definition) is 5. The number of ketones is 6. The summed E-state index contributed by atoms with van der Waals surface area (Å²) in [7, 11) is 0. The van der Waals surface area contributed by atoms with Crippen molar-refractivity contribution >= 4 is 81.8 Å². The molecule has 18 rings (SSSR count). The number of allylic oxidation sites excluding steroid dienone is 2. The van der Waals surface area contributed by atoms with E-state index in [4.69, 9.17) is 15.6 Å². The van der Waals surface area contributed by atoms with Gasteiger partial charge in [0, 0.05) is 85.7 Å². The van der Waals surface area contributed by atoms with Gasteiger partial charge in [-0.15, -0.1) is 0 Å². The molecule has 760 valence electrons. The van der Waals surface area contributed by atoms with Crippen molar-refractivity contribution < 1.29 is 67.7 Å². The van der Waals surface area contributed by atoms with Gasteiger partial charge in [0.05, 0.1) is 12.3 Å². The van der Waals surface area contributed by atoms with Crippen LogP contribution in [0, 0.1) is 11.8 Å². The fraction of sp³-hybridized carbons (Fsp3) is 0.452. The Morgan fingerprint density at radius 2 is 0.692 bits per heavy atom. The summed E-state index contributed by atoms with van der Waals surface area (Å²) in [6.07, 6.45) is 17.7. The number of carboxylic acid groups (broad SMARTS) is 1.